The lowest BCUT2D eigenvalue weighted by Crippen LogP contribution is -2.36. The highest BCUT2D eigenvalue weighted by Gasteiger charge is 2.34. The van der Waals surface area contributed by atoms with Crippen LogP contribution in [0.3, 0.4) is 0 Å². The highest BCUT2D eigenvalue weighted by molar-refractivity contribution is 5.78. The van der Waals surface area contributed by atoms with Crippen molar-refractivity contribution in [3.05, 3.63) is 29.8 Å². The van der Waals surface area contributed by atoms with E-state index in [0.717, 1.165) is 25.3 Å². The molecule has 0 aromatic heterocycles. The number of hydrogen-bond acceptors (Lipinski definition) is 3. The average Bonchev–Trinajstić information content (AvgIpc) is 2.81. The lowest BCUT2D eigenvalue weighted by atomic mass is 9.90. The van der Waals surface area contributed by atoms with Crippen LogP contribution >= 0.6 is 0 Å². The van der Waals surface area contributed by atoms with E-state index in [9.17, 15) is 4.79 Å². The minimum absolute atomic E-state index is 0.0396. The van der Waals surface area contributed by atoms with Gasteiger partial charge in [-0.2, -0.15) is 0 Å². The summed E-state index contributed by atoms with van der Waals surface area (Å²) in [5, 5.41) is 0. The molecule has 2 rings (SSSR count). The van der Waals surface area contributed by atoms with Gasteiger partial charge in [-0.05, 0) is 37.4 Å². The Kier molecular flexibility index (Phi) is 4.10. The third-order valence-corrected chi connectivity index (χ3v) is 3.79. The highest BCUT2D eigenvalue weighted by atomic mass is 16.5. The largest absolute Gasteiger partial charge is 0.484 e. The lowest BCUT2D eigenvalue weighted by molar-refractivity contribution is -0.132. The lowest BCUT2D eigenvalue weighted by Gasteiger charge is -2.22. The summed E-state index contributed by atoms with van der Waals surface area (Å²) in [7, 11) is 0. The predicted molar refractivity (Wildman–Crippen MR) is 75.0 cm³/mol. The van der Waals surface area contributed by atoms with E-state index in [0.29, 0.717) is 6.54 Å². The molecule has 1 amide bonds. The molecule has 1 aliphatic rings. The number of nitrogens with zero attached hydrogens (tertiary/aromatic N) is 1. The molecule has 1 unspecified atom stereocenters. The second-order valence-electron chi connectivity index (χ2n) is 5.68. The SMILES string of the molecule is Cc1ccc(OCC(=O)N2CCC(C)(CN)C2)cc1. The maximum absolute atomic E-state index is 12.0. The Labute approximate surface area is 114 Å². The molecule has 1 saturated heterocycles. The Morgan fingerprint density at radius 1 is 1.42 bits per heavy atom. The van der Waals surface area contributed by atoms with E-state index < -0.39 is 0 Å². The highest BCUT2D eigenvalue weighted by Crippen LogP contribution is 2.28. The summed E-state index contributed by atoms with van der Waals surface area (Å²) in [6.07, 6.45) is 0.972. The molecule has 1 heterocycles. The third-order valence-electron chi connectivity index (χ3n) is 3.79. The van der Waals surface area contributed by atoms with Gasteiger partial charge >= 0.3 is 0 Å². The van der Waals surface area contributed by atoms with Gasteiger partial charge in [-0.25, -0.2) is 0 Å². The minimum Gasteiger partial charge on any atom is -0.484 e. The van der Waals surface area contributed by atoms with Gasteiger partial charge in [0.05, 0.1) is 0 Å². The predicted octanol–water partition coefficient (Wildman–Crippen LogP) is 1.57. The molecule has 0 radical (unpaired) electrons. The van der Waals surface area contributed by atoms with Crippen molar-refractivity contribution in [3.63, 3.8) is 0 Å². The standard InChI is InChI=1S/C15H22N2O2/c1-12-3-5-13(6-4-12)19-9-14(18)17-8-7-15(2,10-16)11-17/h3-6H,7-11,16H2,1-2H3. The first kappa shape index (κ1) is 13.9. The molecule has 0 saturated carbocycles. The van der Waals surface area contributed by atoms with Crippen molar-refractivity contribution in [3.8, 4) is 5.75 Å². The molecule has 4 nitrogen and oxygen atoms in total. The fourth-order valence-electron chi connectivity index (χ4n) is 2.27. The van der Waals surface area contributed by atoms with Gasteiger partial charge in [-0.1, -0.05) is 24.6 Å². The molecular formula is C15H22N2O2. The molecule has 1 aromatic rings. The van der Waals surface area contributed by atoms with E-state index in [1.807, 2.05) is 36.1 Å². The van der Waals surface area contributed by atoms with E-state index in [1.165, 1.54) is 5.56 Å². The van der Waals surface area contributed by atoms with Crippen molar-refractivity contribution in [1.29, 1.82) is 0 Å². The van der Waals surface area contributed by atoms with Crippen molar-refractivity contribution in [2.45, 2.75) is 20.3 Å². The molecule has 2 N–H and O–H groups in total. The second-order valence-corrected chi connectivity index (χ2v) is 5.68. The first-order valence-electron chi connectivity index (χ1n) is 6.70. The van der Waals surface area contributed by atoms with Crippen LogP contribution < -0.4 is 10.5 Å². The quantitative estimate of drug-likeness (QED) is 0.896. The van der Waals surface area contributed by atoms with Crippen molar-refractivity contribution < 1.29 is 9.53 Å². The average molecular weight is 262 g/mol. The van der Waals surface area contributed by atoms with Gasteiger partial charge in [0, 0.05) is 13.1 Å². The van der Waals surface area contributed by atoms with Gasteiger partial charge < -0.3 is 15.4 Å². The Hall–Kier alpha value is -1.55. The number of rotatable bonds is 4. The Morgan fingerprint density at radius 2 is 2.11 bits per heavy atom. The molecule has 104 valence electrons. The molecule has 1 aromatic carbocycles. The molecule has 1 fully saturated rings. The number of ether oxygens (including phenoxy) is 1. The number of carbonyl (C=O) groups is 1. The number of benzene rings is 1. The van der Waals surface area contributed by atoms with E-state index in [2.05, 4.69) is 6.92 Å². The molecule has 0 aliphatic carbocycles. The zero-order valence-corrected chi connectivity index (χ0v) is 11.7. The van der Waals surface area contributed by atoms with Crippen LogP contribution in [0.25, 0.3) is 0 Å². The second kappa shape index (κ2) is 5.61. The summed E-state index contributed by atoms with van der Waals surface area (Å²) in [5.41, 5.74) is 6.99. The van der Waals surface area contributed by atoms with Crippen LogP contribution in [0.1, 0.15) is 18.9 Å². The number of hydrogen-bond donors (Lipinski definition) is 1. The normalized spacial score (nSPS) is 22.6. The zero-order valence-electron chi connectivity index (χ0n) is 11.7. The zero-order chi connectivity index (χ0) is 13.9. The van der Waals surface area contributed by atoms with E-state index in [1.54, 1.807) is 0 Å². The van der Waals surface area contributed by atoms with E-state index in [-0.39, 0.29) is 17.9 Å². The monoisotopic (exact) mass is 262 g/mol. The van der Waals surface area contributed by atoms with E-state index >= 15 is 0 Å². The van der Waals surface area contributed by atoms with Gasteiger partial charge in [0.1, 0.15) is 5.75 Å². The van der Waals surface area contributed by atoms with Crippen LogP contribution in [0.5, 0.6) is 5.75 Å². The number of nitrogens with two attached hydrogens (primary N) is 1. The maximum atomic E-state index is 12.0. The van der Waals surface area contributed by atoms with Crippen LogP contribution in [0, 0.1) is 12.3 Å². The van der Waals surface area contributed by atoms with Crippen LogP contribution in [-0.2, 0) is 4.79 Å². The first-order valence-corrected chi connectivity index (χ1v) is 6.70. The number of carbonyl (C=O) groups excluding carboxylic acids is 1. The fraction of sp³-hybridized carbons (Fsp3) is 0.533. The fourth-order valence-corrected chi connectivity index (χ4v) is 2.27. The van der Waals surface area contributed by atoms with Crippen molar-refractivity contribution in [1.82, 2.24) is 4.90 Å². The van der Waals surface area contributed by atoms with Crippen LogP contribution in [-0.4, -0.2) is 37.0 Å². The summed E-state index contributed by atoms with van der Waals surface area (Å²) in [6, 6.07) is 7.72. The molecule has 1 atom stereocenters. The Morgan fingerprint density at radius 3 is 2.68 bits per heavy atom. The Balaban J connectivity index is 1.84. The summed E-state index contributed by atoms with van der Waals surface area (Å²) in [5.74, 6) is 0.775. The molecule has 4 heteroatoms. The third kappa shape index (κ3) is 3.47. The topological polar surface area (TPSA) is 55.6 Å². The maximum Gasteiger partial charge on any atom is 0.260 e. The summed E-state index contributed by atoms with van der Waals surface area (Å²) >= 11 is 0. The Bertz CT molecular complexity index is 444. The molecule has 1 aliphatic heterocycles. The van der Waals surface area contributed by atoms with Crippen molar-refractivity contribution in [2.24, 2.45) is 11.1 Å². The van der Waals surface area contributed by atoms with Gasteiger partial charge in [0.2, 0.25) is 0 Å². The van der Waals surface area contributed by atoms with Gasteiger partial charge in [0.15, 0.2) is 6.61 Å². The smallest absolute Gasteiger partial charge is 0.260 e. The van der Waals surface area contributed by atoms with Crippen molar-refractivity contribution in [2.75, 3.05) is 26.2 Å². The van der Waals surface area contributed by atoms with Crippen LogP contribution in [0.4, 0.5) is 0 Å². The number of amides is 1. The first-order chi connectivity index (χ1) is 9.02. The molecule has 0 bridgehead atoms. The van der Waals surface area contributed by atoms with Crippen molar-refractivity contribution >= 4 is 5.91 Å². The molecule has 19 heavy (non-hydrogen) atoms. The summed E-state index contributed by atoms with van der Waals surface area (Å²) in [6.45, 7) is 6.39. The van der Waals surface area contributed by atoms with Gasteiger partial charge in [-0.15, -0.1) is 0 Å². The van der Waals surface area contributed by atoms with Crippen LogP contribution in [0.2, 0.25) is 0 Å². The van der Waals surface area contributed by atoms with Gasteiger partial charge in [0.25, 0.3) is 5.91 Å². The number of likely N-dealkylation sites (tertiary alicyclic amines) is 1. The summed E-state index contributed by atoms with van der Waals surface area (Å²) < 4.78 is 5.51. The minimum atomic E-state index is 0.0396. The van der Waals surface area contributed by atoms with Crippen LogP contribution in [0.15, 0.2) is 24.3 Å². The van der Waals surface area contributed by atoms with Gasteiger partial charge in [-0.3, -0.25) is 4.79 Å². The summed E-state index contributed by atoms with van der Waals surface area (Å²) in [4.78, 5) is 13.9. The molecular weight excluding hydrogens is 240 g/mol. The molecule has 0 spiro atoms. The number of aryl methyl sites for hydroxylation is 1. The van der Waals surface area contributed by atoms with E-state index in [4.69, 9.17) is 10.5 Å².